The monoisotopic (exact) mass is 335 g/mol. The Morgan fingerprint density at radius 1 is 1.52 bits per heavy atom. The lowest BCUT2D eigenvalue weighted by Gasteiger charge is -2.13. The number of nitrogens with zero attached hydrogens (tertiary/aromatic N) is 3. The minimum atomic E-state index is -0.478. The Hall–Kier alpha value is -2.68. The molecule has 2 rings (SSSR count). The van der Waals surface area contributed by atoms with Crippen LogP contribution in [0, 0.1) is 17.0 Å². The zero-order chi connectivity index (χ0) is 17.0. The van der Waals surface area contributed by atoms with Gasteiger partial charge in [-0.05, 0) is 25.2 Å². The van der Waals surface area contributed by atoms with E-state index in [-0.39, 0.29) is 5.69 Å². The molecule has 0 amide bonds. The molecular formula is C14H17N5O3S. The predicted octanol–water partition coefficient (Wildman–Crippen LogP) is 2.13. The number of aromatic nitrogens is 2. The van der Waals surface area contributed by atoms with Gasteiger partial charge in [0, 0.05) is 30.9 Å². The van der Waals surface area contributed by atoms with Crippen molar-refractivity contribution < 1.29 is 9.66 Å². The smallest absolute Gasteiger partial charge is 0.273 e. The van der Waals surface area contributed by atoms with Crippen LogP contribution in [0.25, 0.3) is 0 Å². The molecule has 0 aliphatic carbocycles. The normalized spacial score (nSPS) is 10.2. The highest BCUT2D eigenvalue weighted by Gasteiger charge is 2.12. The molecule has 2 N–H and O–H groups in total. The van der Waals surface area contributed by atoms with Crippen LogP contribution in [-0.2, 0) is 13.6 Å². The van der Waals surface area contributed by atoms with Gasteiger partial charge in [0.15, 0.2) is 5.11 Å². The summed E-state index contributed by atoms with van der Waals surface area (Å²) in [7, 11) is 3.32. The predicted molar refractivity (Wildman–Crippen MR) is 90.7 cm³/mol. The zero-order valence-corrected chi connectivity index (χ0v) is 13.8. The molecule has 23 heavy (non-hydrogen) atoms. The van der Waals surface area contributed by atoms with E-state index in [1.807, 2.05) is 14.0 Å². The highest BCUT2D eigenvalue weighted by atomic mass is 32.1. The Labute approximate surface area is 138 Å². The molecule has 0 aliphatic heterocycles. The Kier molecular flexibility index (Phi) is 5.12. The highest BCUT2D eigenvalue weighted by molar-refractivity contribution is 7.80. The third kappa shape index (κ3) is 3.95. The van der Waals surface area contributed by atoms with Crippen LogP contribution in [0.1, 0.15) is 11.3 Å². The Morgan fingerprint density at radius 2 is 2.26 bits per heavy atom. The highest BCUT2D eigenvalue weighted by Crippen LogP contribution is 2.28. The maximum Gasteiger partial charge on any atom is 0.273 e. The minimum absolute atomic E-state index is 0.0442. The fourth-order valence-corrected chi connectivity index (χ4v) is 2.14. The molecule has 0 radical (unpaired) electrons. The number of methoxy groups -OCH3 is 1. The molecule has 9 heteroatoms. The second-order valence-electron chi connectivity index (χ2n) is 4.83. The summed E-state index contributed by atoms with van der Waals surface area (Å²) in [5, 5.41) is 21.4. The summed E-state index contributed by atoms with van der Waals surface area (Å²) in [4.78, 5) is 10.3. The van der Waals surface area contributed by atoms with Crippen molar-refractivity contribution in [2.45, 2.75) is 13.5 Å². The molecule has 0 unspecified atom stereocenters. The van der Waals surface area contributed by atoms with Crippen molar-refractivity contribution in [2.75, 3.05) is 12.4 Å². The van der Waals surface area contributed by atoms with Crippen molar-refractivity contribution in [3.63, 3.8) is 0 Å². The summed E-state index contributed by atoms with van der Waals surface area (Å²) in [6, 6.07) is 4.29. The van der Waals surface area contributed by atoms with Gasteiger partial charge >= 0.3 is 0 Å². The fourth-order valence-electron chi connectivity index (χ4n) is 1.96. The molecule has 2 aromatic rings. The summed E-state index contributed by atoms with van der Waals surface area (Å²) in [5.41, 5.74) is 2.59. The first-order valence-electron chi connectivity index (χ1n) is 6.77. The van der Waals surface area contributed by atoms with Crippen molar-refractivity contribution in [2.24, 2.45) is 7.05 Å². The van der Waals surface area contributed by atoms with E-state index in [9.17, 15) is 10.1 Å². The summed E-state index contributed by atoms with van der Waals surface area (Å²) in [6.45, 7) is 2.50. The quantitative estimate of drug-likeness (QED) is 0.491. The largest absolute Gasteiger partial charge is 0.494 e. The summed E-state index contributed by atoms with van der Waals surface area (Å²) in [5.74, 6) is 0.348. The van der Waals surface area contributed by atoms with Crippen molar-refractivity contribution >= 4 is 28.7 Å². The third-order valence-corrected chi connectivity index (χ3v) is 3.67. The number of thiocarbonyl (C=S) groups is 1. The Balaban J connectivity index is 2.02. The standard InChI is InChI=1S/C14H17N5O3S/c1-9-10(8-16-18(9)2)7-15-14(23)17-12-5-4-11(19(20)21)6-13(12)22-3/h4-6,8H,7H2,1-3H3,(H2,15,17,23). The average Bonchev–Trinajstić information content (AvgIpc) is 2.84. The number of nitro groups is 1. The lowest BCUT2D eigenvalue weighted by atomic mass is 10.2. The zero-order valence-electron chi connectivity index (χ0n) is 13.0. The van der Waals surface area contributed by atoms with E-state index in [1.165, 1.54) is 19.2 Å². The average molecular weight is 335 g/mol. The first-order valence-corrected chi connectivity index (χ1v) is 7.18. The number of ether oxygens (including phenoxy) is 1. The van der Waals surface area contributed by atoms with Gasteiger partial charge in [-0.1, -0.05) is 0 Å². The van der Waals surface area contributed by atoms with Crippen molar-refractivity contribution in [3.05, 3.63) is 45.8 Å². The van der Waals surface area contributed by atoms with Gasteiger partial charge in [0.1, 0.15) is 5.75 Å². The first-order chi connectivity index (χ1) is 10.9. The first kappa shape index (κ1) is 16.7. The van der Waals surface area contributed by atoms with E-state index in [0.29, 0.717) is 23.1 Å². The molecule has 0 saturated heterocycles. The molecule has 0 spiro atoms. The number of nitrogens with one attached hydrogen (secondary N) is 2. The van der Waals surface area contributed by atoms with Gasteiger partial charge < -0.3 is 15.4 Å². The summed E-state index contributed by atoms with van der Waals surface area (Å²) in [6.07, 6.45) is 1.78. The molecule has 0 fully saturated rings. The molecule has 0 bridgehead atoms. The molecule has 1 aromatic heterocycles. The van der Waals surface area contributed by atoms with Crippen molar-refractivity contribution in [3.8, 4) is 5.75 Å². The third-order valence-electron chi connectivity index (χ3n) is 3.42. The maximum atomic E-state index is 10.8. The van der Waals surface area contributed by atoms with E-state index >= 15 is 0 Å². The number of aryl methyl sites for hydroxylation is 1. The summed E-state index contributed by atoms with van der Waals surface area (Å²) >= 11 is 5.24. The van der Waals surface area contributed by atoms with Gasteiger partial charge in [-0.15, -0.1) is 0 Å². The maximum absolute atomic E-state index is 10.8. The molecule has 0 aliphatic rings. The minimum Gasteiger partial charge on any atom is -0.494 e. The van der Waals surface area contributed by atoms with Gasteiger partial charge in [-0.25, -0.2) is 0 Å². The number of non-ortho nitro benzene ring substituents is 1. The number of benzene rings is 1. The molecule has 8 nitrogen and oxygen atoms in total. The molecule has 0 saturated carbocycles. The Bertz CT molecular complexity index is 744. The van der Waals surface area contributed by atoms with Crippen LogP contribution in [0.5, 0.6) is 5.75 Å². The van der Waals surface area contributed by atoms with Gasteiger partial charge in [0.05, 0.1) is 30.0 Å². The van der Waals surface area contributed by atoms with Crippen LogP contribution >= 0.6 is 12.2 Å². The van der Waals surface area contributed by atoms with E-state index in [2.05, 4.69) is 15.7 Å². The van der Waals surface area contributed by atoms with E-state index in [0.717, 1.165) is 11.3 Å². The van der Waals surface area contributed by atoms with Gasteiger partial charge in [0.25, 0.3) is 5.69 Å². The SMILES string of the molecule is COc1cc([N+](=O)[O-])ccc1NC(=S)NCc1cnn(C)c1C. The Morgan fingerprint density at radius 3 is 2.83 bits per heavy atom. The van der Waals surface area contributed by atoms with Crippen LogP contribution < -0.4 is 15.4 Å². The molecule has 122 valence electrons. The van der Waals surface area contributed by atoms with E-state index < -0.39 is 4.92 Å². The van der Waals surface area contributed by atoms with Gasteiger partial charge in [-0.3, -0.25) is 14.8 Å². The van der Waals surface area contributed by atoms with E-state index in [1.54, 1.807) is 16.9 Å². The second-order valence-corrected chi connectivity index (χ2v) is 5.24. The van der Waals surface area contributed by atoms with Gasteiger partial charge in [-0.2, -0.15) is 5.10 Å². The lowest BCUT2D eigenvalue weighted by Crippen LogP contribution is -2.28. The number of rotatable bonds is 5. The van der Waals surface area contributed by atoms with Crippen LogP contribution in [0.2, 0.25) is 0 Å². The number of nitro benzene ring substituents is 1. The van der Waals surface area contributed by atoms with Crippen molar-refractivity contribution in [1.82, 2.24) is 15.1 Å². The van der Waals surface area contributed by atoms with Crippen LogP contribution in [0.15, 0.2) is 24.4 Å². The van der Waals surface area contributed by atoms with Crippen molar-refractivity contribution in [1.29, 1.82) is 0 Å². The molecule has 1 aromatic carbocycles. The second kappa shape index (κ2) is 7.05. The molecular weight excluding hydrogens is 318 g/mol. The number of anilines is 1. The van der Waals surface area contributed by atoms with E-state index in [4.69, 9.17) is 17.0 Å². The van der Waals surface area contributed by atoms with Gasteiger partial charge in [0.2, 0.25) is 0 Å². The lowest BCUT2D eigenvalue weighted by molar-refractivity contribution is -0.384. The summed E-state index contributed by atoms with van der Waals surface area (Å²) < 4.78 is 6.94. The number of hydrogen-bond donors (Lipinski definition) is 2. The van der Waals surface area contributed by atoms with Crippen LogP contribution in [0.3, 0.4) is 0 Å². The number of hydrogen-bond acceptors (Lipinski definition) is 5. The molecule has 0 atom stereocenters. The fraction of sp³-hybridized carbons (Fsp3) is 0.286. The van der Waals surface area contributed by atoms with Crippen LogP contribution in [0.4, 0.5) is 11.4 Å². The topological polar surface area (TPSA) is 94.2 Å². The van der Waals surface area contributed by atoms with Crippen LogP contribution in [-0.4, -0.2) is 26.9 Å². The molecule has 1 heterocycles.